The number of nitrogens with zero attached hydrogens (tertiary/aromatic N) is 3. The first-order valence-corrected chi connectivity index (χ1v) is 7.62. The number of carbonyl (C=O) groups excluding carboxylic acids is 1. The van der Waals surface area contributed by atoms with Crippen molar-refractivity contribution < 1.29 is 9.53 Å². The van der Waals surface area contributed by atoms with E-state index < -0.39 is 0 Å². The molecule has 0 saturated carbocycles. The first-order valence-electron chi connectivity index (χ1n) is 7.62. The molecule has 0 bridgehead atoms. The fourth-order valence-corrected chi connectivity index (χ4v) is 2.64. The Labute approximate surface area is 125 Å². The Bertz CT molecular complexity index is 449. The minimum Gasteiger partial charge on any atom is -0.383 e. The molecule has 6 nitrogen and oxygen atoms in total. The zero-order chi connectivity index (χ0) is 15.1. The highest BCUT2D eigenvalue weighted by Gasteiger charge is 2.23. The van der Waals surface area contributed by atoms with Gasteiger partial charge in [-0.15, -0.1) is 0 Å². The van der Waals surface area contributed by atoms with Gasteiger partial charge in [0.2, 0.25) is 5.95 Å². The molecule has 1 aromatic rings. The van der Waals surface area contributed by atoms with Gasteiger partial charge in [-0.1, -0.05) is 6.92 Å². The van der Waals surface area contributed by atoms with E-state index in [0.717, 1.165) is 18.9 Å². The van der Waals surface area contributed by atoms with Crippen molar-refractivity contribution in [2.75, 3.05) is 31.7 Å². The Kier molecular flexibility index (Phi) is 5.92. The first-order chi connectivity index (χ1) is 10.3. The van der Waals surface area contributed by atoms with Crippen LogP contribution in [0.3, 0.4) is 0 Å². The number of anilines is 1. The van der Waals surface area contributed by atoms with Gasteiger partial charge in [-0.25, -0.2) is 9.97 Å². The molecular formula is C15H24N4O2. The van der Waals surface area contributed by atoms with E-state index in [1.807, 2.05) is 0 Å². The van der Waals surface area contributed by atoms with Crippen LogP contribution in [0.25, 0.3) is 0 Å². The van der Waals surface area contributed by atoms with Crippen molar-refractivity contribution in [2.45, 2.75) is 38.6 Å². The number of methoxy groups -OCH3 is 1. The summed E-state index contributed by atoms with van der Waals surface area (Å²) in [6.07, 6.45) is 7.95. The zero-order valence-corrected chi connectivity index (χ0v) is 12.8. The Morgan fingerprint density at radius 3 is 2.86 bits per heavy atom. The first kappa shape index (κ1) is 15.7. The Hall–Kier alpha value is -1.69. The van der Waals surface area contributed by atoms with Gasteiger partial charge < -0.3 is 15.0 Å². The van der Waals surface area contributed by atoms with Crippen LogP contribution in [0.2, 0.25) is 0 Å². The highest BCUT2D eigenvalue weighted by Crippen LogP contribution is 2.23. The standard InChI is InChI=1S/C15H24N4O2/c1-3-13-6-4-5-8-19(13)15-17-10-12(11-18-15)14(20)16-7-9-21-2/h10-11,13H,3-9H2,1-2H3,(H,16,20). The third-order valence-corrected chi connectivity index (χ3v) is 3.85. The van der Waals surface area contributed by atoms with Gasteiger partial charge in [0.25, 0.3) is 5.91 Å². The van der Waals surface area contributed by atoms with Crippen LogP contribution in [-0.4, -0.2) is 48.7 Å². The van der Waals surface area contributed by atoms with Gasteiger partial charge in [0.05, 0.1) is 12.2 Å². The summed E-state index contributed by atoms with van der Waals surface area (Å²) in [5.74, 6) is 0.569. The van der Waals surface area contributed by atoms with Crippen molar-refractivity contribution in [1.29, 1.82) is 0 Å². The summed E-state index contributed by atoms with van der Waals surface area (Å²) in [4.78, 5) is 22.9. The maximum atomic E-state index is 11.9. The average molecular weight is 292 g/mol. The molecule has 1 saturated heterocycles. The highest BCUT2D eigenvalue weighted by atomic mass is 16.5. The van der Waals surface area contributed by atoms with Crippen molar-refractivity contribution in [2.24, 2.45) is 0 Å². The molecule has 1 N–H and O–H groups in total. The predicted molar refractivity (Wildman–Crippen MR) is 81.5 cm³/mol. The smallest absolute Gasteiger partial charge is 0.254 e. The van der Waals surface area contributed by atoms with Crippen molar-refractivity contribution in [3.63, 3.8) is 0 Å². The number of aromatic nitrogens is 2. The molecule has 0 aliphatic carbocycles. The molecule has 1 amide bonds. The monoisotopic (exact) mass is 292 g/mol. The predicted octanol–water partition coefficient (Wildman–Crippen LogP) is 1.62. The maximum Gasteiger partial charge on any atom is 0.254 e. The number of nitrogens with one attached hydrogen (secondary N) is 1. The maximum absolute atomic E-state index is 11.9. The summed E-state index contributed by atoms with van der Waals surface area (Å²) >= 11 is 0. The second kappa shape index (κ2) is 7.93. The Balaban J connectivity index is 1.99. The minimum atomic E-state index is -0.163. The lowest BCUT2D eigenvalue weighted by Gasteiger charge is -2.35. The van der Waals surface area contributed by atoms with Gasteiger partial charge in [0.15, 0.2) is 0 Å². The zero-order valence-electron chi connectivity index (χ0n) is 12.8. The number of hydrogen-bond acceptors (Lipinski definition) is 5. The van der Waals surface area contributed by atoms with E-state index >= 15 is 0 Å². The van der Waals surface area contributed by atoms with E-state index in [1.54, 1.807) is 19.5 Å². The normalized spacial score (nSPS) is 18.6. The largest absolute Gasteiger partial charge is 0.383 e. The molecule has 1 aliphatic heterocycles. The van der Waals surface area contributed by atoms with E-state index in [2.05, 4.69) is 27.1 Å². The summed E-state index contributed by atoms with van der Waals surface area (Å²) in [6.45, 7) is 4.18. The Morgan fingerprint density at radius 2 is 2.19 bits per heavy atom. The number of hydrogen-bond donors (Lipinski definition) is 1. The van der Waals surface area contributed by atoms with Gasteiger partial charge in [-0.3, -0.25) is 4.79 Å². The molecule has 1 fully saturated rings. The van der Waals surface area contributed by atoms with Gasteiger partial charge >= 0.3 is 0 Å². The molecule has 6 heteroatoms. The SMILES string of the molecule is CCC1CCCCN1c1ncc(C(=O)NCCOC)cn1. The molecular weight excluding hydrogens is 268 g/mol. The Morgan fingerprint density at radius 1 is 1.43 bits per heavy atom. The molecule has 2 heterocycles. The molecule has 0 radical (unpaired) electrons. The summed E-state index contributed by atoms with van der Waals surface area (Å²) in [7, 11) is 1.60. The lowest BCUT2D eigenvalue weighted by atomic mass is 10.0. The van der Waals surface area contributed by atoms with Crippen molar-refractivity contribution in [1.82, 2.24) is 15.3 Å². The second-order valence-corrected chi connectivity index (χ2v) is 5.27. The molecule has 1 aromatic heterocycles. The lowest BCUT2D eigenvalue weighted by molar-refractivity contribution is 0.0936. The van der Waals surface area contributed by atoms with Crippen LogP contribution >= 0.6 is 0 Å². The van der Waals surface area contributed by atoms with Crippen LogP contribution in [0.15, 0.2) is 12.4 Å². The lowest BCUT2D eigenvalue weighted by Crippen LogP contribution is -2.40. The highest BCUT2D eigenvalue weighted by molar-refractivity contribution is 5.93. The van der Waals surface area contributed by atoms with Crippen LogP contribution in [0.4, 0.5) is 5.95 Å². The summed E-state index contributed by atoms with van der Waals surface area (Å²) in [5.41, 5.74) is 0.486. The van der Waals surface area contributed by atoms with Gasteiger partial charge in [0, 0.05) is 38.6 Å². The summed E-state index contributed by atoms with van der Waals surface area (Å²) < 4.78 is 4.90. The number of carbonyl (C=O) groups is 1. The summed E-state index contributed by atoms with van der Waals surface area (Å²) in [5, 5.41) is 2.76. The number of piperidine rings is 1. The molecule has 0 aromatic carbocycles. The molecule has 2 rings (SSSR count). The van der Waals surface area contributed by atoms with E-state index in [0.29, 0.717) is 24.8 Å². The van der Waals surface area contributed by atoms with Gasteiger partial charge in [0.1, 0.15) is 0 Å². The third-order valence-electron chi connectivity index (χ3n) is 3.85. The van der Waals surface area contributed by atoms with E-state index in [4.69, 9.17) is 4.74 Å². The van der Waals surface area contributed by atoms with Gasteiger partial charge in [-0.05, 0) is 25.7 Å². The molecule has 1 aliphatic rings. The van der Waals surface area contributed by atoms with E-state index in [9.17, 15) is 4.79 Å². The number of ether oxygens (including phenoxy) is 1. The van der Waals surface area contributed by atoms with Crippen LogP contribution in [-0.2, 0) is 4.74 Å². The minimum absolute atomic E-state index is 0.163. The second-order valence-electron chi connectivity index (χ2n) is 5.27. The van der Waals surface area contributed by atoms with Crippen LogP contribution in [0.5, 0.6) is 0 Å². The summed E-state index contributed by atoms with van der Waals surface area (Å²) in [6, 6.07) is 0.514. The fraction of sp³-hybridized carbons (Fsp3) is 0.667. The van der Waals surface area contributed by atoms with Crippen molar-refractivity contribution >= 4 is 11.9 Å². The third kappa shape index (κ3) is 4.14. The molecule has 21 heavy (non-hydrogen) atoms. The molecule has 116 valence electrons. The number of amides is 1. The van der Waals surface area contributed by atoms with E-state index in [-0.39, 0.29) is 5.91 Å². The molecule has 0 spiro atoms. The van der Waals surface area contributed by atoms with Crippen LogP contribution < -0.4 is 10.2 Å². The van der Waals surface area contributed by atoms with Gasteiger partial charge in [-0.2, -0.15) is 0 Å². The van der Waals surface area contributed by atoms with Crippen LogP contribution in [0.1, 0.15) is 43.0 Å². The van der Waals surface area contributed by atoms with Crippen molar-refractivity contribution in [3.8, 4) is 0 Å². The number of rotatable bonds is 6. The average Bonchev–Trinajstić information content (AvgIpc) is 2.55. The fourth-order valence-electron chi connectivity index (χ4n) is 2.64. The molecule has 1 atom stereocenters. The quantitative estimate of drug-likeness (QED) is 0.807. The molecule has 1 unspecified atom stereocenters. The van der Waals surface area contributed by atoms with E-state index in [1.165, 1.54) is 19.3 Å². The topological polar surface area (TPSA) is 67.4 Å². The van der Waals surface area contributed by atoms with Crippen LogP contribution in [0, 0.1) is 0 Å². The van der Waals surface area contributed by atoms with Crippen molar-refractivity contribution in [3.05, 3.63) is 18.0 Å².